The first-order valence-electron chi connectivity index (χ1n) is 11.0. The topological polar surface area (TPSA) is 21.6 Å². The number of hydrogen-bond donors (Lipinski definition) is 0. The number of nitrogens with zero attached hydrogens (tertiary/aromatic N) is 1. The van der Waals surface area contributed by atoms with Crippen molar-refractivity contribution < 1.29 is 4.74 Å². The minimum absolute atomic E-state index is 0.0766. The number of hydrogen-bond acceptors (Lipinski definition) is 2. The van der Waals surface area contributed by atoms with Crippen LogP contribution in [-0.4, -0.2) is 6.21 Å². The number of benzene rings is 3. The summed E-state index contributed by atoms with van der Waals surface area (Å²) in [6.07, 6.45) is 1.96. The van der Waals surface area contributed by atoms with E-state index in [-0.39, 0.29) is 10.8 Å². The van der Waals surface area contributed by atoms with Crippen molar-refractivity contribution >= 4 is 11.9 Å². The molecule has 31 heavy (non-hydrogen) atoms. The van der Waals surface area contributed by atoms with Gasteiger partial charge in [-0.15, -0.1) is 0 Å². The SMILES string of the molecule is Cc1cccc(C)c1Oc1ccccc1N=Cc1cc(C(C)(C)C)cc(C(C)(C)C)c1. The first-order valence-corrected chi connectivity index (χ1v) is 11.0. The Morgan fingerprint density at radius 3 is 1.81 bits per heavy atom. The standard InChI is InChI=1S/C29H35NO/c1-20-12-11-13-21(2)27(20)31-26-15-10-9-14-25(26)30-19-22-16-23(28(3,4)5)18-24(17-22)29(6,7)8/h9-19H,1-8H3. The molecule has 0 aliphatic rings. The Morgan fingerprint density at radius 2 is 1.26 bits per heavy atom. The first kappa shape index (κ1) is 22.8. The molecule has 0 aliphatic carbocycles. The molecule has 0 aliphatic heterocycles. The van der Waals surface area contributed by atoms with Crippen molar-refractivity contribution in [2.75, 3.05) is 0 Å². The summed E-state index contributed by atoms with van der Waals surface area (Å²) in [5, 5.41) is 0. The van der Waals surface area contributed by atoms with Gasteiger partial charge < -0.3 is 4.74 Å². The zero-order valence-corrected chi connectivity index (χ0v) is 20.2. The van der Waals surface area contributed by atoms with Gasteiger partial charge in [0, 0.05) is 6.21 Å². The molecule has 0 heterocycles. The maximum absolute atomic E-state index is 6.30. The third kappa shape index (κ3) is 5.64. The van der Waals surface area contributed by atoms with Crippen LogP contribution < -0.4 is 4.74 Å². The van der Waals surface area contributed by atoms with Gasteiger partial charge in [0.1, 0.15) is 11.4 Å². The molecule has 0 saturated heterocycles. The lowest BCUT2D eigenvalue weighted by atomic mass is 9.79. The summed E-state index contributed by atoms with van der Waals surface area (Å²) in [7, 11) is 0. The molecule has 0 bridgehead atoms. The van der Waals surface area contributed by atoms with Crippen molar-refractivity contribution in [3.8, 4) is 11.5 Å². The third-order valence-electron chi connectivity index (χ3n) is 5.53. The highest BCUT2D eigenvalue weighted by atomic mass is 16.5. The number of aliphatic imine (C=N–C) groups is 1. The zero-order chi connectivity index (χ0) is 22.8. The van der Waals surface area contributed by atoms with E-state index < -0.39 is 0 Å². The predicted molar refractivity (Wildman–Crippen MR) is 134 cm³/mol. The molecule has 3 rings (SSSR count). The van der Waals surface area contributed by atoms with E-state index >= 15 is 0 Å². The van der Waals surface area contributed by atoms with Gasteiger partial charge >= 0.3 is 0 Å². The Morgan fingerprint density at radius 1 is 0.710 bits per heavy atom. The van der Waals surface area contributed by atoms with Crippen molar-refractivity contribution in [2.45, 2.75) is 66.2 Å². The van der Waals surface area contributed by atoms with Gasteiger partial charge in [-0.05, 0) is 76.8 Å². The summed E-state index contributed by atoms with van der Waals surface area (Å²) in [5.41, 5.74) is 6.96. The number of para-hydroxylation sites is 3. The molecule has 3 aromatic carbocycles. The van der Waals surface area contributed by atoms with Gasteiger partial charge in [-0.3, -0.25) is 4.99 Å². The second kappa shape index (κ2) is 8.70. The third-order valence-corrected chi connectivity index (χ3v) is 5.53. The van der Waals surface area contributed by atoms with E-state index in [0.717, 1.165) is 33.9 Å². The summed E-state index contributed by atoms with van der Waals surface area (Å²) >= 11 is 0. The molecule has 0 amide bonds. The van der Waals surface area contributed by atoms with Crippen LogP contribution in [0, 0.1) is 13.8 Å². The van der Waals surface area contributed by atoms with Gasteiger partial charge in [-0.25, -0.2) is 0 Å². The smallest absolute Gasteiger partial charge is 0.153 e. The zero-order valence-electron chi connectivity index (χ0n) is 20.2. The normalized spacial score (nSPS) is 12.4. The van der Waals surface area contributed by atoms with E-state index in [0.29, 0.717) is 0 Å². The van der Waals surface area contributed by atoms with Crippen LogP contribution in [0.3, 0.4) is 0 Å². The van der Waals surface area contributed by atoms with Crippen molar-refractivity contribution in [3.05, 3.63) is 88.5 Å². The van der Waals surface area contributed by atoms with E-state index in [1.165, 1.54) is 11.1 Å². The lowest BCUT2D eigenvalue weighted by Crippen LogP contribution is -2.17. The molecule has 0 spiro atoms. The van der Waals surface area contributed by atoms with Crippen LogP contribution in [0.25, 0.3) is 0 Å². The molecule has 0 aromatic heterocycles. The Bertz CT molecular complexity index is 1040. The summed E-state index contributed by atoms with van der Waals surface area (Å²) < 4.78 is 6.30. The molecule has 0 atom stereocenters. The average Bonchev–Trinajstić information content (AvgIpc) is 2.68. The second-order valence-electron chi connectivity index (χ2n) is 10.4. The molecule has 162 valence electrons. The van der Waals surface area contributed by atoms with Crippen LogP contribution in [0.5, 0.6) is 11.5 Å². The van der Waals surface area contributed by atoms with Gasteiger partial charge in [-0.1, -0.05) is 77.9 Å². The summed E-state index contributed by atoms with van der Waals surface area (Å²) in [6, 6.07) is 21.0. The van der Waals surface area contributed by atoms with Crippen LogP contribution in [0.2, 0.25) is 0 Å². The molecule has 3 aromatic rings. The summed E-state index contributed by atoms with van der Waals surface area (Å²) in [5.74, 6) is 1.66. The highest BCUT2D eigenvalue weighted by Gasteiger charge is 2.20. The Kier molecular flexibility index (Phi) is 6.40. The molecule has 0 saturated carbocycles. The number of ether oxygens (including phenoxy) is 1. The molecular formula is C29H35NO. The quantitative estimate of drug-likeness (QED) is 0.393. The highest BCUT2D eigenvalue weighted by Crippen LogP contribution is 2.35. The fourth-order valence-electron chi connectivity index (χ4n) is 3.46. The fourth-order valence-corrected chi connectivity index (χ4v) is 3.46. The largest absolute Gasteiger partial charge is 0.455 e. The van der Waals surface area contributed by atoms with Crippen LogP contribution >= 0.6 is 0 Å². The maximum Gasteiger partial charge on any atom is 0.153 e. The van der Waals surface area contributed by atoms with Gasteiger partial charge in [0.25, 0.3) is 0 Å². The molecule has 0 fully saturated rings. The Labute approximate surface area is 188 Å². The minimum atomic E-state index is 0.0766. The molecule has 2 heteroatoms. The molecule has 0 radical (unpaired) electrons. The van der Waals surface area contributed by atoms with Gasteiger partial charge in [0.05, 0.1) is 0 Å². The fraction of sp³-hybridized carbons (Fsp3) is 0.345. The van der Waals surface area contributed by atoms with Crippen LogP contribution in [0.4, 0.5) is 5.69 Å². The van der Waals surface area contributed by atoms with E-state index in [2.05, 4.69) is 91.8 Å². The van der Waals surface area contributed by atoms with E-state index in [4.69, 9.17) is 9.73 Å². The highest BCUT2D eigenvalue weighted by molar-refractivity contribution is 5.83. The maximum atomic E-state index is 6.30. The predicted octanol–water partition coefficient (Wildman–Crippen LogP) is 8.44. The molecule has 2 nitrogen and oxygen atoms in total. The summed E-state index contributed by atoms with van der Waals surface area (Å²) in [6.45, 7) is 17.7. The lowest BCUT2D eigenvalue weighted by molar-refractivity contribution is 0.476. The molecular weight excluding hydrogens is 378 g/mol. The number of rotatable bonds is 4. The second-order valence-corrected chi connectivity index (χ2v) is 10.4. The average molecular weight is 414 g/mol. The molecule has 0 N–H and O–H groups in total. The Hall–Kier alpha value is -2.87. The number of aryl methyl sites for hydroxylation is 2. The Balaban J connectivity index is 2.00. The van der Waals surface area contributed by atoms with E-state index in [9.17, 15) is 0 Å². The van der Waals surface area contributed by atoms with Crippen molar-refractivity contribution in [2.24, 2.45) is 4.99 Å². The minimum Gasteiger partial charge on any atom is -0.455 e. The van der Waals surface area contributed by atoms with Crippen LogP contribution in [-0.2, 0) is 10.8 Å². The summed E-state index contributed by atoms with van der Waals surface area (Å²) in [4.78, 5) is 4.83. The van der Waals surface area contributed by atoms with Gasteiger partial charge in [-0.2, -0.15) is 0 Å². The van der Waals surface area contributed by atoms with Crippen molar-refractivity contribution in [3.63, 3.8) is 0 Å². The van der Waals surface area contributed by atoms with Crippen molar-refractivity contribution in [1.29, 1.82) is 0 Å². The van der Waals surface area contributed by atoms with Crippen LogP contribution in [0.1, 0.15) is 69.4 Å². The van der Waals surface area contributed by atoms with Gasteiger partial charge in [0.2, 0.25) is 0 Å². The van der Waals surface area contributed by atoms with Crippen LogP contribution in [0.15, 0.2) is 65.7 Å². The van der Waals surface area contributed by atoms with Crippen molar-refractivity contribution in [1.82, 2.24) is 0 Å². The van der Waals surface area contributed by atoms with E-state index in [1.54, 1.807) is 0 Å². The van der Waals surface area contributed by atoms with Gasteiger partial charge in [0.15, 0.2) is 5.75 Å². The molecule has 0 unspecified atom stereocenters. The monoisotopic (exact) mass is 413 g/mol. The van der Waals surface area contributed by atoms with E-state index in [1.807, 2.05) is 30.5 Å². The lowest BCUT2D eigenvalue weighted by Gasteiger charge is -2.25. The first-order chi connectivity index (χ1) is 14.4.